The first-order valence-electron chi connectivity index (χ1n) is 6.73. The van der Waals surface area contributed by atoms with Crippen molar-refractivity contribution in [2.24, 2.45) is 0 Å². The predicted molar refractivity (Wildman–Crippen MR) is 80.0 cm³/mol. The molecule has 1 aromatic heterocycles. The van der Waals surface area contributed by atoms with Crippen LogP contribution in [0.1, 0.15) is 39.0 Å². The smallest absolute Gasteiger partial charge is 0.411 e. The van der Waals surface area contributed by atoms with Crippen LogP contribution in [0.4, 0.5) is 4.79 Å². The molecule has 0 radical (unpaired) electrons. The fourth-order valence-electron chi connectivity index (χ4n) is 2.29. The third kappa shape index (κ3) is 2.98. The van der Waals surface area contributed by atoms with E-state index < -0.39 is 17.2 Å². The average molecular weight is 311 g/mol. The summed E-state index contributed by atoms with van der Waals surface area (Å²) in [6.45, 7) is 7.35. The van der Waals surface area contributed by atoms with Gasteiger partial charge in [0.25, 0.3) is 0 Å². The summed E-state index contributed by atoms with van der Waals surface area (Å²) in [5.41, 5.74) is 0.0952. The molecule has 0 fully saturated rings. The van der Waals surface area contributed by atoms with Gasteiger partial charge in [-0.05, 0) is 34.0 Å². The van der Waals surface area contributed by atoms with E-state index in [1.54, 1.807) is 13.1 Å². The lowest BCUT2D eigenvalue weighted by Crippen LogP contribution is -2.47. The lowest BCUT2D eigenvalue weighted by atomic mass is 9.96. The second kappa shape index (κ2) is 5.46. The molecule has 1 aliphatic heterocycles. The SMILES string of the molecule is CSc1ncc2c(n1)CN(C(=O)OC(C)(C)C)C2(C)CO. The standard InChI is InChI=1S/C14H21N3O3S/c1-13(2,3)20-12(19)17-7-10-9(14(17,4)8-18)6-15-11(16-10)21-5/h6,18H,7-8H2,1-5H3. The van der Waals surface area contributed by atoms with Gasteiger partial charge in [0.15, 0.2) is 5.16 Å². The van der Waals surface area contributed by atoms with Gasteiger partial charge in [0, 0.05) is 11.8 Å². The Hall–Kier alpha value is -1.34. The summed E-state index contributed by atoms with van der Waals surface area (Å²) in [5, 5.41) is 10.5. The van der Waals surface area contributed by atoms with Crippen LogP contribution in [0.25, 0.3) is 0 Å². The maximum Gasteiger partial charge on any atom is 0.411 e. The predicted octanol–water partition coefficient (Wildman–Crippen LogP) is 2.16. The number of ether oxygens (including phenoxy) is 1. The van der Waals surface area contributed by atoms with Crippen LogP contribution in [-0.4, -0.2) is 44.5 Å². The zero-order valence-corrected chi connectivity index (χ0v) is 13.8. The number of rotatable bonds is 2. The topological polar surface area (TPSA) is 75.6 Å². The number of hydrogen-bond donors (Lipinski definition) is 1. The van der Waals surface area contributed by atoms with Crippen molar-refractivity contribution >= 4 is 17.9 Å². The van der Waals surface area contributed by atoms with E-state index in [-0.39, 0.29) is 6.61 Å². The van der Waals surface area contributed by atoms with Crippen LogP contribution in [0, 0.1) is 0 Å². The Morgan fingerprint density at radius 1 is 1.57 bits per heavy atom. The molecule has 1 aliphatic rings. The van der Waals surface area contributed by atoms with E-state index >= 15 is 0 Å². The molecule has 1 aromatic rings. The molecule has 0 aliphatic carbocycles. The summed E-state index contributed by atoms with van der Waals surface area (Å²) in [6.07, 6.45) is 3.13. The fraction of sp³-hybridized carbons (Fsp3) is 0.643. The van der Waals surface area contributed by atoms with Crippen molar-refractivity contribution in [3.05, 3.63) is 17.5 Å². The van der Waals surface area contributed by atoms with E-state index in [1.165, 1.54) is 16.7 Å². The van der Waals surface area contributed by atoms with Gasteiger partial charge < -0.3 is 9.84 Å². The van der Waals surface area contributed by atoms with Crippen molar-refractivity contribution in [2.75, 3.05) is 12.9 Å². The Kier molecular flexibility index (Phi) is 4.17. The van der Waals surface area contributed by atoms with Crippen molar-refractivity contribution in [1.82, 2.24) is 14.9 Å². The highest BCUT2D eigenvalue weighted by molar-refractivity contribution is 7.98. The van der Waals surface area contributed by atoms with E-state index in [2.05, 4.69) is 9.97 Å². The number of carbonyl (C=O) groups is 1. The van der Waals surface area contributed by atoms with E-state index in [0.29, 0.717) is 11.7 Å². The number of aliphatic hydroxyl groups excluding tert-OH is 1. The molecule has 1 amide bonds. The molecule has 0 bridgehead atoms. The zero-order chi connectivity index (χ0) is 15.8. The Bertz CT molecular complexity index is 559. The minimum atomic E-state index is -0.853. The summed E-state index contributed by atoms with van der Waals surface area (Å²) in [5.74, 6) is 0. The summed E-state index contributed by atoms with van der Waals surface area (Å²) in [7, 11) is 0. The van der Waals surface area contributed by atoms with Gasteiger partial charge >= 0.3 is 6.09 Å². The van der Waals surface area contributed by atoms with Crippen LogP contribution in [0.5, 0.6) is 0 Å². The highest BCUT2D eigenvalue weighted by Crippen LogP contribution is 2.38. The van der Waals surface area contributed by atoms with Crippen LogP contribution in [-0.2, 0) is 16.8 Å². The van der Waals surface area contributed by atoms with Crippen LogP contribution in [0.3, 0.4) is 0 Å². The molecule has 1 atom stereocenters. The van der Waals surface area contributed by atoms with Gasteiger partial charge in [-0.15, -0.1) is 0 Å². The van der Waals surface area contributed by atoms with Gasteiger partial charge in [0.1, 0.15) is 5.60 Å². The van der Waals surface area contributed by atoms with Crippen molar-refractivity contribution in [1.29, 1.82) is 0 Å². The van der Waals surface area contributed by atoms with Crippen molar-refractivity contribution < 1.29 is 14.6 Å². The highest BCUT2D eigenvalue weighted by atomic mass is 32.2. The molecule has 1 unspecified atom stereocenters. The van der Waals surface area contributed by atoms with E-state index in [1.807, 2.05) is 27.0 Å². The minimum Gasteiger partial charge on any atom is -0.444 e. The minimum absolute atomic E-state index is 0.207. The van der Waals surface area contributed by atoms with Gasteiger partial charge in [-0.25, -0.2) is 14.8 Å². The molecule has 0 saturated carbocycles. The largest absolute Gasteiger partial charge is 0.444 e. The highest BCUT2D eigenvalue weighted by Gasteiger charge is 2.46. The zero-order valence-electron chi connectivity index (χ0n) is 13.0. The molecule has 1 N–H and O–H groups in total. The first-order chi connectivity index (χ1) is 9.71. The number of nitrogens with zero attached hydrogens (tertiary/aromatic N) is 3. The summed E-state index contributed by atoms with van der Waals surface area (Å²) in [4.78, 5) is 22.6. The lowest BCUT2D eigenvalue weighted by molar-refractivity contribution is -0.0113. The molecule has 6 nitrogen and oxygen atoms in total. The van der Waals surface area contributed by atoms with E-state index in [4.69, 9.17) is 4.74 Å². The van der Waals surface area contributed by atoms with Crippen LogP contribution in [0.15, 0.2) is 11.4 Å². The first kappa shape index (κ1) is 16.0. The molecule has 0 saturated heterocycles. The molecular weight excluding hydrogens is 290 g/mol. The molecule has 2 heterocycles. The van der Waals surface area contributed by atoms with Gasteiger partial charge in [-0.1, -0.05) is 11.8 Å². The molecule has 2 rings (SSSR count). The number of carbonyl (C=O) groups excluding carboxylic acids is 1. The van der Waals surface area contributed by atoms with Crippen molar-refractivity contribution in [3.8, 4) is 0 Å². The molecule has 21 heavy (non-hydrogen) atoms. The third-order valence-corrected chi connectivity index (χ3v) is 4.00. The Labute approximate surface area is 128 Å². The summed E-state index contributed by atoms with van der Waals surface area (Å²) in [6, 6.07) is 0. The second-order valence-corrected chi connectivity index (χ2v) is 6.99. The maximum absolute atomic E-state index is 12.4. The van der Waals surface area contributed by atoms with Gasteiger partial charge in [-0.3, -0.25) is 4.90 Å². The number of thioether (sulfide) groups is 1. The normalized spacial score (nSPS) is 21.3. The van der Waals surface area contributed by atoms with Crippen LogP contribution in [0.2, 0.25) is 0 Å². The van der Waals surface area contributed by atoms with Gasteiger partial charge in [-0.2, -0.15) is 0 Å². The van der Waals surface area contributed by atoms with E-state index in [9.17, 15) is 9.90 Å². The number of aromatic nitrogens is 2. The first-order valence-corrected chi connectivity index (χ1v) is 7.95. The van der Waals surface area contributed by atoms with Gasteiger partial charge in [0.05, 0.1) is 24.4 Å². The molecule has 0 spiro atoms. The Morgan fingerprint density at radius 2 is 2.24 bits per heavy atom. The maximum atomic E-state index is 12.4. The number of amides is 1. The second-order valence-electron chi connectivity index (χ2n) is 6.22. The Morgan fingerprint density at radius 3 is 2.76 bits per heavy atom. The van der Waals surface area contributed by atoms with Gasteiger partial charge in [0.2, 0.25) is 0 Å². The molecule has 116 valence electrons. The third-order valence-electron chi connectivity index (χ3n) is 3.43. The molecule has 7 heteroatoms. The summed E-state index contributed by atoms with van der Waals surface area (Å²) >= 11 is 1.44. The van der Waals surface area contributed by atoms with E-state index in [0.717, 1.165) is 11.3 Å². The summed E-state index contributed by atoms with van der Waals surface area (Å²) < 4.78 is 5.43. The average Bonchev–Trinajstić information content (AvgIpc) is 2.70. The van der Waals surface area contributed by atoms with Crippen molar-refractivity contribution in [3.63, 3.8) is 0 Å². The number of aliphatic hydroxyl groups is 1. The molecular formula is C14H21N3O3S. The Balaban J connectivity index is 2.36. The number of hydrogen-bond acceptors (Lipinski definition) is 6. The fourth-order valence-corrected chi connectivity index (χ4v) is 2.65. The van der Waals surface area contributed by atoms with Crippen LogP contribution < -0.4 is 0 Å². The molecule has 0 aromatic carbocycles. The quantitative estimate of drug-likeness (QED) is 0.666. The monoisotopic (exact) mass is 311 g/mol. The van der Waals surface area contributed by atoms with Crippen molar-refractivity contribution in [2.45, 2.75) is 50.5 Å². The lowest BCUT2D eigenvalue weighted by Gasteiger charge is -2.35. The van der Waals surface area contributed by atoms with Crippen LogP contribution >= 0.6 is 11.8 Å². The number of fused-ring (bicyclic) bond motifs is 1.